The van der Waals surface area contributed by atoms with Crippen molar-refractivity contribution in [2.75, 3.05) is 0 Å². The zero-order valence-electron chi connectivity index (χ0n) is 4.73. The number of hydrogen-bond acceptors (Lipinski definition) is 2. The fourth-order valence-corrected chi connectivity index (χ4v) is 0.294. The Balaban J connectivity index is 0. The van der Waals surface area contributed by atoms with Crippen LogP contribution in [-0.2, 0) is 27.2 Å². The Kier molecular flexibility index (Phi) is 6.91. The van der Waals surface area contributed by atoms with Crippen molar-refractivity contribution in [1.82, 2.24) is 0 Å². The predicted molar refractivity (Wildman–Crippen MR) is 27.1 cm³/mol. The molecule has 0 aromatic heterocycles. The molecule has 0 aliphatic rings. The van der Waals surface area contributed by atoms with Gasteiger partial charge < -0.3 is 5.11 Å². The molecule has 8 heavy (non-hydrogen) atoms. The van der Waals surface area contributed by atoms with Crippen molar-refractivity contribution in [2.24, 2.45) is 0 Å². The molecule has 0 aromatic carbocycles. The van der Waals surface area contributed by atoms with Crippen LogP contribution in [0, 0.1) is 0 Å². The van der Waals surface area contributed by atoms with Crippen molar-refractivity contribution in [2.45, 2.75) is 13.8 Å². The van der Waals surface area contributed by atoms with Crippen molar-refractivity contribution in [3.05, 3.63) is 11.8 Å². The van der Waals surface area contributed by atoms with Gasteiger partial charge in [-0.1, -0.05) is 0 Å². The molecule has 0 bridgehead atoms. The molecule has 0 unspecified atom stereocenters. The topological polar surface area (TPSA) is 37.3 Å². The molecule has 0 heterocycles. The Morgan fingerprint density at radius 2 is 1.88 bits per heavy atom. The summed E-state index contributed by atoms with van der Waals surface area (Å²) in [4.78, 5) is 10.0. The minimum atomic E-state index is -0.125. The fraction of sp³-hybridized carbons (Fsp3) is 0.400. The van der Waals surface area contributed by atoms with Crippen LogP contribution in [0.1, 0.15) is 13.8 Å². The van der Waals surface area contributed by atoms with Gasteiger partial charge in [0.15, 0.2) is 5.78 Å². The summed E-state index contributed by atoms with van der Waals surface area (Å²) in [5.74, 6) is -0.0625. The Hall–Kier alpha value is -0.0497. The third-order valence-corrected chi connectivity index (χ3v) is 0.412. The Labute approximate surface area is 64.1 Å². The van der Waals surface area contributed by atoms with Crippen LogP contribution in [0.3, 0.4) is 0 Å². The number of allylic oxidation sites excluding steroid dienone is 2. The molecule has 1 N–H and O–H groups in total. The van der Waals surface area contributed by atoms with Crippen LogP contribution in [0.25, 0.3) is 0 Å². The molecular formula is C5H8AgO2. The summed E-state index contributed by atoms with van der Waals surface area (Å²) in [6.07, 6.45) is 1.17. The second kappa shape index (κ2) is 5.09. The number of carbonyl (C=O) groups is 1. The van der Waals surface area contributed by atoms with Gasteiger partial charge in [-0.15, -0.1) is 0 Å². The van der Waals surface area contributed by atoms with Crippen LogP contribution in [0.5, 0.6) is 0 Å². The van der Waals surface area contributed by atoms with Crippen LogP contribution < -0.4 is 0 Å². The van der Waals surface area contributed by atoms with Crippen molar-refractivity contribution >= 4 is 5.78 Å². The zero-order valence-corrected chi connectivity index (χ0v) is 6.22. The van der Waals surface area contributed by atoms with Crippen molar-refractivity contribution in [3.63, 3.8) is 0 Å². The van der Waals surface area contributed by atoms with E-state index in [9.17, 15) is 4.79 Å². The number of carbonyl (C=O) groups excluding carboxylic acids is 1. The Bertz CT molecular complexity index is 103. The van der Waals surface area contributed by atoms with Crippen LogP contribution in [0.15, 0.2) is 11.8 Å². The quantitative estimate of drug-likeness (QED) is 0.397. The van der Waals surface area contributed by atoms with Gasteiger partial charge in [0.25, 0.3) is 0 Å². The van der Waals surface area contributed by atoms with E-state index in [4.69, 9.17) is 5.11 Å². The molecule has 0 aliphatic heterocycles. The van der Waals surface area contributed by atoms with Gasteiger partial charge >= 0.3 is 0 Å². The second-order valence-electron chi connectivity index (χ2n) is 1.40. The van der Waals surface area contributed by atoms with Crippen molar-refractivity contribution in [1.29, 1.82) is 0 Å². The van der Waals surface area contributed by atoms with Gasteiger partial charge in [-0.2, -0.15) is 0 Å². The van der Waals surface area contributed by atoms with Crippen molar-refractivity contribution in [3.8, 4) is 0 Å². The van der Waals surface area contributed by atoms with Gasteiger partial charge in [-0.05, 0) is 13.8 Å². The largest absolute Gasteiger partial charge is 0.512 e. The third kappa shape index (κ3) is 9.34. The molecule has 0 rings (SSSR count). The van der Waals surface area contributed by atoms with E-state index in [-0.39, 0.29) is 33.9 Å². The van der Waals surface area contributed by atoms with Crippen LogP contribution >= 0.6 is 0 Å². The molecule has 0 spiro atoms. The van der Waals surface area contributed by atoms with E-state index in [1.54, 1.807) is 0 Å². The predicted octanol–water partition coefficient (Wildman–Crippen LogP) is 1.03. The van der Waals surface area contributed by atoms with Gasteiger partial charge in [0.05, 0.1) is 5.76 Å². The summed E-state index contributed by atoms with van der Waals surface area (Å²) in [5, 5.41) is 8.36. The van der Waals surface area contributed by atoms with Gasteiger partial charge in [0, 0.05) is 28.5 Å². The van der Waals surface area contributed by atoms with Gasteiger partial charge in [-0.3, -0.25) is 4.79 Å². The summed E-state index contributed by atoms with van der Waals surface area (Å²) in [5.41, 5.74) is 0. The zero-order chi connectivity index (χ0) is 5.86. The number of hydrogen-bond donors (Lipinski definition) is 1. The minimum absolute atomic E-state index is 0. The molecule has 1 radical (unpaired) electrons. The van der Waals surface area contributed by atoms with E-state index < -0.39 is 0 Å². The molecule has 3 heteroatoms. The normalized spacial score (nSPS) is 10.0. The maximum Gasteiger partial charge on any atom is 0.155 e. The summed E-state index contributed by atoms with van der Waals surface area (Å²) in [6, 6.07) is 0. The number of aliphatic hydroxyl groups is 1. The molecule has 0 aliphatic carbocycles. The first kappa shape index (κ1) is 10.8. The van der Waals surface area contributed by atoms with E-state index in [0.717, 1.165) is 0 Å². The fourth-order valence-electron chi connectivity index (χ4n) is 0.294. The molecule has 0 saturated heterocycles. The standard InChI is InChI=1S/C5H8O2.Ag/c1-4(6)3-5(2)7;/h3,6H,1-2H3;. The van der Waals surface area contributed by atoms with E-state index in [1.165, 1.54) is 19.9 Å². The summed E-state index contributed by atoms with van der Waals surface area (Å²) >= 11 is 0. The average Bonchev–Trinajstić information content (AvgIpc) is 1.27. The molecule has 51 valence electrons. The first-order valence-electron chi connectivity index (χ1n) is 2.01. The molecule has 0 atom stereocenters. The minimum Gasteiger partial charge on any atom is -0.512 e. The smallest absolute Gasteiger partial charge is 0.155 e. The molecule has 0 aromatic rings. The number of aliphatic hydroxyl groups excluding tert-OH is 1. The molecular weight excluding hydrogens is 200 g/mol. The monoisotopic (exact) mass is 207 g/mol. The molecule has 0 amide bonds. The molecule has 2 nitrogen and oxygen atoms in total. The Morgan fingerprint density at radius 3 is 1.88 bits per heavy atom. The van der Waals surface area contributed by atoms with E-state index in [2.05, 4.69) is 0 Å². The second-order valence-corrected chi connectivity index (χ2v) is 1.40. The van der Waals surface area contributed by atoms with Gasteiger partial charge in [0.2, 0.25) is 0 Å². The van der Waals surface area contributed by atoms with Gasteiger partial charge in [-0.25, -0.2) is 0 Å². The van der Waals surface area contributed by atoms with Crippen LogP contribution in [-0.4, -0.2) is 10.9 Å². The third-order valence-electron chi connectivity index (χ3n) is 0.412. The maximum atomic E-state index is 10.0. The molecule has 0 fully saturated rings. The Morgan fingerprint density at radius 1 is 1.50 bits per heavy atom. The average molecular weight is 208 g/mol. The number of ketones is 1. The summed E-state index contributed by atoms with van der Waals surface area (Å²) in [7, 11) is 0. The first-order valence-corrected chi connectivity index (χ1v) is 2.01. The van der Waals surface area contributed by atoms with Crippen LogP contribution in [0.4, 0.5) is 0 Å². The number of rotatable bonds is 1. The summed E-state index contributed by atoms with van der Waals surface area (Å²) < 4.78 is 0. The van der Waals surface area contributed by atoms with E-state index in [1.807, 2.05) is 0 Å². The molecule has 0 saturated carbocycles. The van der Waals surface area contributed by atoms with E-state index in [0.29, 0.717) is 0 Å². The first-order chi connectivity index (χ1) is 3.13. The van der Waals surface area contributed by atoms with Gasteiger partial charge in [0.1, 0.15) is 0 Å². The SMILES string of the molecule is CC(=O)C=C(C)O.[Ag]. The maximum absolute atomic E-state index is 10.0. The summed E-state index contributed by atoms with van der Waals surface area (Å²) in [6.45, 7) is 2.85. The van der Waals surface area contributed by atoms with E-state index >= 15 is 0 Å². The van der Waals surface area contributed by atoms with Crippen LogP contribution in [0.2, 0.25) is 0 Å². The van der Waals surface area contributed by atoms with Crippen molar-refractivity contribution < 1.29 is 32.3 Å².